The van der Waals surface area contributed by atoms with Gasteiger partial charge in [0.15, 0.2) is 0 Å². The van der Waals surface area contributed by atoms with Crippen molar-refractivity contribution in [1.29, 1.82) is 0 Å². The van der Waals surface area contributed by atoms with Crippen LogP contribution in [0, 0.1) is 29.1 Å². The van der Waals surface area contributed by atoms with Crippen LogP contribution in [0.2, 0.25) is 0 Å². The Morgan fingerprint density at radius 1 is 1.00 bits per heavy atom. The van der Waals surface area contributed by atoms with Crippen molar-refractivity contribution in [3.05, 3.63) is 0 Å². The van der Waals surface area contributed by atoms with Crippen molar-refractivity contribution in [2.75, 3.05) is 26.8 Å². The minimum Gasteiger partial charge on any atom is -0.381 e. The Balaban J connectivity index is 1.94. The Labute approximate surface area is 126 Å². The smallest absolute Gasteiger partial charge is 0.0468 e. The van der Waals surface area contributed by atoms with E-state index >= 15 is 0 Å². The van der Waals surface area contributed by atoms with Crippen LogP contribution < -0.4 is 5.32 Å². The molecule has 1 aliphatic heterocycles. The van der Waals surface area contributed by atoms with Crippen LogP contribution in [0.1, 0.15) is 59.3 Å². The molecule has 3 unspecified atom stereocenters. The van der Waals surface area contributed by atoms with Crippen LogP contribution in [0.4, 0.5) is 0 Å². The third-order valence-corrected chi connectivity index (χ3v) is 5.81. The molecule has 0 bridgehead atoms. The lowest BCUT2D eigenvalue weighted by molar-refractivity contribution is 0.0363. The molecule has 3 atom stereocenters. The molecule has 1 aliphatic carbocycles. The molecule has 0 aromatic carbocycles. The highest BCUT2D eigenvalue weighted by Gasteiger charge is 2.36. The van der Waals surface area contributed by atoms with E-state index < -0.39 is 0 Å². The molecule has 0 aromatic heterocycles. The third-order valence-electron chi connectivity index (χ3n) is 5.81. The Bertz CT molecular complexity index is 278. The first-order chi connectivity index (χ1) is 9.50. The van der Waals surface area contributed by atoms with Crippen LogP contribution in [-0.4, -0.2) is 26.8 Å². The summed E-state index contributed by atoms with van der Waals surface area (Å²) in [4.78, 5) is 0. The van der Waals surface area contributed by atoms with Crippen molar-refractivity contribution >= 4 is 0 Å². The van der Waals surface area contributed by atoms with Crippen LogP contribution in [0.3, 0.4) is 0 Å². The average Bonchev–Trinajstić information content (AvgIpc) is 2.41. The van der Waals surface area contributed by atoms with Gasteiger partial charge in [-0.3, -0.25) is 0 Å². The van der Waals surface area contributed by atoms with E-state index in [0.29, 0.717) is 5.41 Å². The van der Waals surface area contributed by atoms with E-state index in [-0.39, 0.29) is 0 Å². The third kappa shape index (κ3) is 4.46. The fraction of sp³-hybridized carbons (Fsp3) is 1.00. The largest absolute Gasteiger partial charge is 0.381 e. The second-order valence-corrected chi connectivity index (χ2v) is 8.25. The first-order valence-corrected chi connectivity index (χ1v) is 8.73. The summed E-state index contributed by atoms with van der Waals surface area (Å²) >= 11 is 0. The molecule has 118 valence electrons. The summed E-state index contributed by atoms with van der Waals surface area (Å²) in [6.45, 7) is 10.5. The van der Waals surface area contributed by atoms with E-state index in [4.69, 9.17) is 4.74 Å². The highest BCUT2D eigenvalue weighted by molar-refractivity contribution is 4.87. The molecular formula is C18H35NO. The number of hydrogen-bond acceptors (Lipinski definition) is 2. The molecule has 1 N–H and O–H groups in total. The lowest BCUT2D eigenvalue weighted by atomic mass is 9.63. The number of ether oxygens (including phenoxy) is 1. The maximum Gasteiger partial charge on any atom is 0.0468 e. The molecule has 2 fully saturated rings. The fourth-order valence-electron chi connectivity index (χ4n) is 4.34. The normalized spacial score (nSPS) is 33.3. The average molecular weight is 281 g/mol. The molecule has 0 radical (unpaired) electrons. The summed E-state index contributed by atoms with van der Waals surface area (Å²) in [6, 6.07) is 0. The Hall–Kier alpha value is -0.0800. The maximum absolute atomic E-state index is 5.53. The van der Waals surface area contributed by atoms with Crippen LogP contribution in [0.5, 0.6) is 0 Å². The molecule has 2 nitrogen and oxygen atoms in total. The predicted molar refractivity (Wildman–Crippen MR) is 85.9 cm³/mol. The fourth-order valence-corrected chi connectivity index (χ4v) is 4.34. The van der Waals surface area contributed by atoms with E-state index in [1.54, 1.807) is 0 Å². The zero-order valence-corrected chi connectivity index (χ0v) is 14.1. The van der Waals surface area contributed by atoms with Crippen LogP contribution in [0.15, 0.2) is 0 Å². The van der Waals surface area contributed by atoms with Gasteiger partial charge in [-0.15, -0.1) is 0 Å². The summed E-state index contributed by atoms with van der Waals surface area (Å²) in [5.41, 5.74) is 0.485. The predicted octanol–water partition coefficient (Wildman–Crippen LogP) is 4.10. The SMILES string of the molecule is CNCC1CCC(C(C)(C)C)CC1CC1CCOCC1. The van der Waals surface area contributed by atoms with Crippen molar-refractivity contribution in [2.45, 2.75) is 59.3 Å². The maximum atomic E-state index is 5.53. The molecule has 0 aromatic rings. The Morgan fingerprint density at radius 3 is 2.30 bits per heavy atom. The lowest BCUT2D eigenvalue weighted by Gasteiger charge is -2.43. The molecule has 2 rings (SSSR count). The first-order valence-electron chi connectivity index (χ1n) is 8.73. The summed E-state index contributed by atoms with van der Waals surface area (Å²) in [7, 11) is 2.11. The summed E-state index contributed by atoms with van der Waals surface area (Å²) in [5.74, 6) is 3.68. The van der Waals surface area contributed by atoms with E-state index in [1.807, 2.05) is 0 Å². The summed E-state index contributed by atoms with van der Waals surface area (Å²) < 4.78 is 5.53. The molecule has 1 saturated carbocycles. The van der Waals surface area contributed by atoms with E-state index in [9.17, 15) is 0 Å². The van der Waals surface area contributed by atoms with Crippen LogP contribution in [-0.2, 0) is 4.74 Å². The first kappa shape index (κ1) is 16.3. The van der Waals surface area contributed by atoms with Gasteiger partial charge in [-0.2, -0.15) is 0 Å². The minimum absolute atomic E-state index is 0.485. The zero-order valence-electron chi connectivity index (χ0n) is 14.1. The van der Waals surface area contributed by atoms with Gasteiger partial charge in [0.2, 0.25) is 0 Å². The van der Waals surface area contributed by atoms with E-state index in [2.05, 4.69) is 33.1 Å². The van der Waals surface area contributed by atoms with Crippen molar-refractivity contribution in [1.82, 2.24) is 5.32 Å². The Kier molecular flexibility index (Phi) is 5.92. The number of nitrogens with one attached hydrogen (secondary N) is 1. The van der Waals surface area contributed by atoms with Gasteiger partial charge < -0.3 is 10.1 Å². The molecule has 0 amide bonds. The molecular weight excluding hydrogens is 246 g/mol. The quantitative estimate of drug-likeness (QED) is 0.837. The second kappa shape index (κ2) is 7.26. The van der Waals surface area contributed by atoms with Crippen molar-refractivity contribution < 1.29 is 4.74 Å². The minimum atomic E-state index is 0.485. The monoisotopic (exact) mass is 281 g/mol. The highest BCUT2D eigenvalue weighted by atomic mass is 16.5. The van der Waals surface area contributed by atoms with Gasteiger partial charge in [0.25, 0.3) is 0 Å². The molecule has 1 heterocycles. The van der Waals surface area contributed by atoms with Crippen LogP contribution >= 0.6 is 0 Å². The van der Waals surface area contributed by atoms with Crippen molar-refractivity contribution in [3.8, 4) is 0 Å². The molecule has 2 aliphatic rings. The summed E-state index contributed by atoms with van der Waals surface area (Å²) in [6.07, 6.45) is 8.35. The van der Waals surface area contributed by atoms with Gasteiger partial charge in [-0.05, 0) is 81.2 Å². The standard InChI is InChI=1S/C18H35NO/c1-18(2,3)17-6-5-15(13-19-4)16(12-17)11-14-7-9-20-10-8-14/h14-17,19H,5-13H2,1-4H3. The van der Waals surface area contributed by atoms with E-state index in [0.717, 1.165) is 36.9 Å². The van der Waals surface area contributed by atoms with Gasteiger partial charge in [0.1, 0.15) is 0 Å². The molecule has 1 saturated heterocycles. The van der Waals surface area contributed by atoms with Crippen LogP contribution in [0.25, 0.3) is 0 Å². The zero-order chi connectivity index (χ0) is 14.6. The topological polar surface area (TPSA) is 21.3 Å². The van der Waals surface area contributed by atoms with Gasteiger partial charge >= 0.3 is 0 Å². The molecule has 20 heavy (non-hydrogen) atoms. The Morgan fingerprint density at radius 2 is 1.70 bits per heavy atom. The lowest BCUT2D eigenvalue weighted by Crippen LogP contribution is -2.37. The van der Waals surface area contributed by atoms with Crippen molar-refractivity contribution in [2.24, 2.45) is 29.1 Å². The molecule has 0 spiro atoms. The second-order valence-electron chi connectivity index (χ2n) is 8.25. The van der Waals surface area contributed by atoms with Crippen molar-refractivity contribution in [3.63, 3.8) is 0 Å². The molecule has 2 heteroatoms. The van der Waals surface area contributed by atoms with E-state index in [1.165, 1.54) is 45.1 Å². The van der Waals surface area contributed by atoms with Gasteiger partial charge in [0, 0.05) is 13.2 Å². The van der Waals surface area contributed by atoms with Gasteiger partial charge in [-0.25, -0.2) is 0 Å². The summed E-state index contributed by atoms with van der Waals surface area (Å²) in [5, 5.41) is 3.43. The number of rotatable bonds is 4. The van der Waals surface area contributed by atoms with Gasteiger partial charge in [-0.1, -0.05) is 20.8 Å². The number of hydrogen-bond donors (Lipinski definition) is 1. The van der Waals surface area contributed by atoms with Gasteiger partial charge in [0.05, 0.1) is 0 Å². The highest BCUT2D eigenvalue weighted by Crippen LogP contribution is 2.45.